The Hall–Kier alpha value is -6.12. The zero-order chi connectivity index (χ0) is 30.7. The quantitative estimate of drug-likeness (QED) is 0.183. The predicted octanol–water partition coefficient (Wildman–Crippen LogP) is 12.6. The maximum atomic E-state index is 2.42. The summed E-state index contributed by atoms with van der Waals surface area (Å²) in [5.74, 6) is 0. The molecule has 8 rings (SSSR count). The number of hydrogen-bond acceptors (Lipinski definition) is 2. The molecule has 0 spiro atoms. The molecule has 2 nitrogen and oxygen atoms in total. The molecular weight excluding hydrogens is 556 g/mol. The summed E-state index contributed by atoms with van der Waals surface area (Å²) >= 11 is 0. The van der Waals surface area contributed by atoms with E-state index in [9.17, 15) is 0 Å². The molecular formula is C44H32N2. The Morgan fingerprint density at radius 1 is 0.261 bits per heavy atom. The van der Waals surface area contributed by atoms with Gasteiger partial charge in [0.25, 0.3) is 0 Å². The topological polar surface area (TPSA) is 6.48 Å². The number of fused-ring (bicyclic) bond motifs is 2. The fraction of sp³-hybridized carbons (Fsp3) is 0. The molecule has 0 atom stereocenters. The summed E-state index contributed by atoms with van der Waals surface area (Å²) in [6.07, 6.45) is 0. The van der Waals surface area contributed by atoms with Gasteiger partial charge < -0.3 is 9.80 Å². The van der Waals surface area contributed by atoms with Crippen molar-refractivity contribution < 1.29 is 0 Å². The molecule has 0 amide bonds. The van der Waals surface area contributed by atoms with Crippen molar-refractivity contribution in [3.05, 3.63) is 194 Å². The van der Waals surface area contributed by atoms with Crippen LogP contribution in [0.5, 0.6) is 0 Å². The normalized spacial score (nSPS) is 11.0. The van der Waals surface area contributed by atoms with E-state index in [0.29, 0.717) is 0 Å². The minimum atomic E-state index is 1.08. The van der Waals surface area contributed by atoms with Gasteiger partial charge in [-0.1, -0.05) is 127 Å². The highest BCUT2D eigenvalue weighted by Crippen LogP contribution is 2.45. The van der Waals surface area contributed by atoms with Gasteiger partial charge in [-0.25, -0.2) is 0 Å². The fourth-order valence-corrected chi connectivity index (χ4v) is 6.38. The Kier molecular flexibility index (Phi) is 7.22. The third-order valence-corrected chi connectivity index (χ3v) is 8.56. The summed E-state index contributed by atoms with van der Waals surface area (Å²) in [6, 6.07) is 69.4. The van der Waals surface area contributed by atoms with Gasteiger partial charge in [0.05, 0.1) is 5.69 Å². The Morgan fingerprint density at radius 2 is 0.717 bits per heavy atom. The molecule has 0 saturated carbocycles. The Balaban J connectivity index is 1.39. The maximum absolute atomic E-state index is 2.42. The molecule has 0 heterocycles. The molecule has 8 aromatic carbocycles. The minimum Gasteiger partial charge on any atom is -0.310 e. The van der Waals surface area contributed by atoms with E-state index >= 15 is 0 Å². The zero-order valence-electron chi connectivity index (χ0n) is 25.4. The fourth-order valence-electron chi connectivity index (χ4n) is 6.38. The standard InChI is InChI=1S/C44H32N2/c1-4-16-34(17-5-1)43-30-36-19-12-13-20-37(36)31-44(43)46(42-28-27-33-15-10-11-18-35(33)29-42)41-26-14-25-40(32-41)45(38-21-6-2-7-22-38)39-23-8-3-9-24-39/h1-32H. The van der Waals surface area contributed by atoms with E-state index in [2.05, 4.69) is 204 Å². The van der Waals surface area contributed by atoms with Crippen molar-refractivity contribution in [2.75, 3.05) is 9.80 Å². The first-order valence-corrected chi connectivity index (χ1v) is 15.7. The smallest absolute Gasteiger partial charge is 0.0546 e. The molecule has 218 valence electrons. The van der Waals surface area contributed by atoms with Crippen LogP contribution in [0.1, 0.15) is 0 Å². The third-order valence-electron chi connectivity index (χ3n) is 8.56. The molecule has 0 saturated heterocycles. The molecule has 0 aromatic heterocycles. The minimum absolute atomic E-state index is 1.08. The SMILES string of the molecule is c1ccc(-c2cc3ccccc3cc2N(c2cccc(N(c3ccccc3)c3ccccc3)c2)c2ccc3ccccc3c2)cc1. The van der Waals surface area contributed by atoms with Gasteiger partial charge in [-0.2, -0.15) is 0 Å². The summed E-state index contributed by atoms with van der Waals surface area (Å²) in [7, 11) is 0. The van der Waals surface area contributed by atoms with Crippen LogP contribution in [0.25, 0.3) is 32.7 Å². The second-order valence-corrected chi connectivity index (χ2v) is 11.5. The average Bonchev–Trinajstić information content (AvgIpc) is 3.13. The number of anilines is 6. The Bertz CT molecular complexity index is 2220. The monoisotopic (exact) mass is 588 g/mol. The highest BCUT2D eigenvalue weighted by molar-refractivity contribution is 6.00. The predicted molar refractivity (Wildman–Crippen MR) is 196 cm³/mol. The number of hydrogen-bond donors (Lipinski definition) is 0. The van der Waals surface area contributed by atoms with Gasteiger partial charge >= 0.3 is 0 Å². The van der Waals surface area contributed by atoms with Crippen LogP contribution in [0.3, 0.4) is 0 Å². The van der Waals surface area contributed by atoms with Crippen molar-refractivity contribution in [2.45, 2.75) is 0 Å². The van der Waals surface area contributed by atoms with E-state index in [4.69, 9.17) is 0 Å². The molecule has 0 aliphatic carbocycles. The summed E-state index contributed by atoms with van der Waals surface area (Å²) in [4.78, 5) is 4.74. The lowest BCUT2D eigenvalue weighted by atomic mass is 9.97. The van der Waals surface area contributed by atoms with Crippen LogP contribution < -0.4 is 9.80 Å². The molecule has 0 bridgehead atoms. The van der Waals surface area contributed by atoms with Crippen LogP contribution >= 0.6 is 0 Å². The van der Waals surface area contributed by atoms with Gasteiger partial charge in [0.2, 0.25) is 0 Å². The lowest BCUT2D eigenvalue weighted by molar-refractivity contribution is 1.25. The zero-order valence-corrected chi connectivity index (χ0v) is 25.4. The Morgan fingerprint density at radius 3 is 1.35 bits per heavy atom. The van der Waals surface area contributed by atoms with E-state index < -0.39 is 0 Å². The molecule has 0 radical (unpaired) electrons. The van der Waals surface area contributed by atoms with Crippen molar-refractivity contribution in [1.82, 2.24) is 0 Å². The van der Waals surface area contributed by atoms with Crippen LogP contribution in [0, 0.1) is 0 Å². The van der Waals surface area contributed by atoms with Crippen molar-refractivity contribution in [3.8, 4) is 11.1 Å². The average molecular weight is 589 g/mol. The lowest BCUT2D eigenvalue weighted by Gasteiger charge is -2.31. The van der Waals surface area contributed by atoms with Crippen molar-refractivity contribution >= 4 is 55.7 Å². The largest absolute Gasteiger partial charge is 0.310 e. The number of nitrogens with zero attached hydrogens (tertiary/aromatic N) is 2. The molecule has 0 N–H and O–H groups in total. The summed E-state index contributed by atoms with van der Waals surface area (Å²) in [6.45, 7) is 0. The van der Waals surface area contributed by atoms with Crippen LogP contribution in [-0.2, 0) is 0 Å². The van der Waals surface area contributed by atoms with Crippen LogP contribution in [0.2, 0.25) is 0 Å². The van der Waals surface area contributed by atoms with Gasteiger partial charge in [-0.05, 0) is 93.8 Å². The summed E-state index contributed by atoms with van der Waals surface area (Å²) in [5.41, 5.74) is 8.98. The lowest BCUT2D eigenvalue weighted by Crippen LogP contribution is -2.14. The van der Waals surface area contributed by atoms with Crippen molar-refractivity contribution in [3.63, 3.8) is 0 Å². The maximum Gasteiger partial charge on any atom is 0.0546 e. The van der Waals surface area contributed by atoms with E-state index in [1.54, 1.807) is 0 Å². The van der Waals surface area contributed by atoms with Gasteiger partial charge in [-0.3, -0.25) is 0 Å². The number of benzene rings is 8. The van der Waals surface area contributed by atoms with Crippen LogP contribution in [0.15, 0.2) is 194 Å². The van der Waals surface area contributed by atoms with Gasteiger partial charge in [0.15, 0.2) is 0 Å². The first-order valence-electron chi connectivity index (χ1n) is 15.7. The number of para-hydroxylation sites is 2. The van der Waals surface area contributed by atoms with Crippen molar-refractivity contribution in [1.29, 1.82) is 0 Å². The highest BCUT2D eigenvalue weighted by Gasteiger charge is 2.21. The molecule has 0 aliphatic rings. The first-order chi connectivity index (χ1) is 22.8. The molecule has 8 aromatic rings. The van der Waals surface area contributed by atoms with Crippen molar-refractivity contribution in [2.24, 2.45) is 0 Å². The first kappa shape index (κ1) is 27.4. The second kappa shape index (κ2) is 12.1. The molecule has 46 heavy (non-hydrogen) atoms. The molecule has 0 aliphatic heterocycles. The highest BCUT2D eigenvalue weighted by atomic mass is 15.2. The molecule has 0 unspecified atom stereocenters. The van der Waals surface area contributed by atoms with E-state index in [-0.39, 0.29) is 0 Å². The summed E-state index contributed by atoms with van der Waals surface area (Å²) < 4.78 is 0. The third kappa shape index (κ3) is 5.27. The van der Waals surface area contributed by atoms with Gasteiger partial charge in [0.1, 0.15) is 0 Å². The van der Waals surface area contributed by atoms with Crippen LogP contribution in [-0.4, -0.2) is 0 Å². The Labute approximate surface area is 270 Å². The van der Waals surface area contributed by atoms with E-state index in [1.807, 2.05) is 0 Å². The van der Waals surface area contributed by atoms with Crippen LogP contribution in [0.4, 0.5) is 34.1 Å². The summed E-state index contributed by atoms with van der Waals surface area (Å²) in [5, 5.41) is 4.85. The van der Waals surface area contributed by atoms with Gasteiger partial charge in [0, 0.05) is 34.0 Å². The second-order valence-electron chi connectivity index (χ2n) is 11.5. The molecule has 0 fully saturated rings. The molecule has 2 heteroatoms. The van der Waals surface area contributed by atoms with E-state index in [1.165, 1.54) is 32.7 Å². The van der Waals surface area contributed by atoms with Gasteiger partial charge in [-0.15, -0.1) is 0 Å². The van der Waals surface area contributed by atoms with E-state index in [0.717, 1.165) is 34.1 Å². The number of rotatable bonds is 7.